The molecule has 0 saturated carbocycles. The van der Waals surface area contributed by atoms with Gasteiger partial charge < -0.3 is 15.4 Å². The number of carbonyl (C=O) groups excluding carboxylic acids is 1. The number of hydrogen-bond donors (Lipinski definition) is 2. The van der Waals surface area contributed by atoms with Crippen molar-refractivity contribution in [3.8, 4) is 5.75 Å². The summed E-state index contributed by atoms with van der Waals surface area (Å²) in [7, 11) is 1.62. The molecule has 5 heteroatoms. The van der Waals surface area contributed by atoms with Gasteiger partial charge in [0.25, 0.3) is 0 Å². The summed E-state index contributed by atoms with van der Waals surface area (Å²) < 4.78 is 5.08. The number of carbonyl (C=O) groups is 1. The Morgan fingerprint density at radius 3 is 2.71 bits per heavy atom. The van der Waals surface area contributed by atoms with Gasteiger partial charge in [-0.25, -0.2) is 4.79 Å². The molecule has 2 aromatic rings. The molecule has 0 aliphatic carbocycles. The lowest BCUT2D eigenvalue weighted by Crippen LogP contribution is -2.31. The Morgan fingerprint density at radius 2 is 2.05 bits per heavy atom. The molecule has 0 aliphatic heterocycles. The van der Waals surface area contributed by atoms with E-state index in [9.17, 15) is 4.79 Å². The van der Waals surface area contributed by atoms with Crippen LogP contribution in [0.25, 0.3) is 6.08 Å². The van der Waals surface area contributed by atoms with E-state index in [1.807, 2.05) is 42.5 Å². The zero-order valence-corrected chi connectivity index (χ0v) is 11.7. The minimum atomic E-state index is -0.273. The first-order valence-electron chi connectivity index (χ1n) is 6.53. The maximum atomic E-state index is 11.6. The van der Waals surface area contributed by atoms with E-state index in [-0.39, 0.29) is 6.03 Å². The van der Waals surface area contributed by atoms with Gasteiger partial charge in [-0.1, -0.05) is 18.2 Å². The second-order valence-electron chi connectivity index (χ2n) is 4.25. The highest BCUT2D eigenvalue weighted by molar-refractivity contribution is 5.75. The van der Waals surface area contributed by atoms with Crippen molar-refractivity contribution in [3.05, 3.63) is 66.1 Å². The molecule has 0 bridgehead atoms. The minimum Gasteiger partial charge on any atom is -0.497 e. The summed E-state index contributed by atoms with van der Waals surface area (Å²) in [6.45, 7) is 0.392. The number of aromatic nitrogens is 1. The molecular formula is C16H17N3O2. The lowest BCUT2D eigenvalue weighted by molar-refractivity contribution is 0.243. The summed E-state index contributed by atoms with van der Waals surface area (Å²) in [5, 5.41) is 5.36. The fourth-order valence-corrected chi connectivity index (χ4v) is 1.65. The van der Waals surface area contributed by atoms with Crippen molar-refractivity contribution in [2.45, 2.75) is 6.54 Å². The average Bonchev–Trinajstić information content (AvgIpc) is 2.54. The van der Waals surface area contributed by atoms with Crippen LogP contribution in [0.5, 0.6) is 5.75 Å². The van der Waals surface area contributed by atoms with Crippen LogP contribution in [0.2, 0.25) is 0 Å². The molecule has 1 heterocycles. The first-order valence-corrected chi connectivity index (χ1v) is 6.53. The van der Waals surface area contributed by atoms with Gasteiger partial charge in [-0.05, 0) is 35.9 Å². The first-order chi connectivity index (χ1) is 10.3. The summed E-state index contributed by atoms with van der Waals surface area (Å²) in [6, 6.07) is 12.8. The van der Waals surface area contributed by atoms with Crippen molar-refractivity contribution in [2.24, 2.45) is 0 Å². The van der Waals surface area contributed by atoms with Crippen LogP contribution in [0.3, 0.4) is 0 Å². The van der Waals surface area contributed by atoms with E-state index in [1.54, 1.807) is 25.6 Å². The molecular weight excluding hydrogens is 266 g/mol. The summed E-state index contributed by atoms with van der Waals surface area (Å²) >= 11 is 0. The predicted molar refractivity (Wildman–Crippen MR) is 81.6 cm³/mol. The van der Waals surface area contributed by atoms with E-state index >= 15 is 0 Å². The molecule has 1 aromatic carbocycles. The molecule has 0 spiro atoms. The first kappa shape index (κ1) is 14.6. The molecule has 1 aromatic heterocycles. The molecule has 0 unspecified atom stereocenters. The number of nitrogens with zero attached hydrogens (tertiary/aromatic N) is 1. The van der Waals surface area contributed by atoms with Crippen molar-refractivity contribution < 1.29 is 9.53 Å². The van der Waals surface area contributed by atoms with Crippen molar-refractivity contribution in [1.29, 1.82) is 0 Å². The van der Waals surface area contributed by atoms with Crippen molar-refractivity contribution >= 4 is 12.1 Å². The van der Waals surface area contributed by atoms with Crippen LogP contribution in [0, 0.1) is 0 Å². The molecule has 2 amide bonds. The van der Waals surface area contributed by atoms with Gasteiger partial charge in [-0.2, -0.15) is 0 Å². The Bertz CT molecular complexity index is 595. The van der Waals surface area contributed by atoms with Gasteiger partial charge in [0.15, 0.2) is 0 Å². The number of hydrogen-bond acceptors (Lipinski definition) is 3. The molecule has 0 saturated heterocycles. The maximum absolute atomic E-state index is 11.6. The molecule has 2 N–H and O–H groups in total. The van der Waals surface area contributed by atoms with E-state index in [0.29, 0.717) is 6.54 Å². The zero-order valence-electron chi connectivity index (χ0n) is 11.7. The van der Waals surface area contributed by atoms with Gasteiger partial charge in [0.05, 0.1) is 19.3 Å². The Labute approximate surface area is 123 Å². The van der Waals surface area contributed by atoms with Crippen molar-refractivity contribution in [2.75, 3.05) is 7.11 Å². The van der Waals surface area contributed by atoms with E-state index in [0.717, 1.165) is 17.0 Å². The molecule has 0 radical (unpaired) electrons. The number of ether oxygens (including phenoxy) is 1. The third-order valence-corrected chi connectivity index (χ3v) is 2.76. The lowest BCUT2D eigenvalue weighted by Gasteiger charge is -2.04. The number of nitrogens with one attached hydrogen (secondary N) is 2. The second kappa shape index (κ2) is 7.69. The number of benzene rings is 1. The smallest absolute Gasteiger partial charge is 0.319 e. The fourth-order valence-electron chi connectivity index (χ4n) is 1.65. The number of amides is 2. The van der Waals surface area contributed by atoms with E-state index in [4.69, 9.17) is 4.74 Å². The molecule has 2 rings (SSSR count). The predicted octanol–water partition coefficient (Wildman–Crippen LogP) is 2.56. The summed E-state index contributed by atoms with van der Waals surface area (Å²) in [6.07, 6.45) is 5.09. The molecule has 108 valence electrons. The SMILES string of the molecule is COc1ccc(/C=C/NC(=O)NCc2ccccn2)cc1. The third-order valence-electron chi connectivity index (χ3n) is 2.76. The second-order valence-corrected chi connectivity index (χ2v) is 4.25. The van der Waals surface area contributed by atoms with Crippen LogP contribution in [-0.2, 0) is 6.54 Å². The summed E-state index contributed by atoms with van der Waals surface area (Å²) in [4.78, 5) is 15.7. The fraction of sp³-hybridized carbons (Fsp3) is 0.125. The molecule has 0 aliphatic rings. The van der Waals surface area contributed by atoms with Gasteiger partial charge >= 0.3 is 6.03 Å². The number of pyridine rings is 1. The highest BCUT2D eigenvalue weighted by atomic mass is 16.5. The van der Waals surface area contributed by atoms with Gasteiger partial charge in [0, 0.05) is 12.4 Å². The summed E-state index contributed by atoms with van der Waals surface area (Å²) in [5.74, 6) is 0.799. The Kier molecular flexibility index (Phi) is 5.34. The van der Waals surface area contributed by atoms with E-state index < -0.39 is 0 Å². The normalized spacial score (nSPS) is 10.3. The van der Waals surface area contributed by atoms with Gasteiger partial charge in [-0.15, -0.1) is 0 Å². The maximum Gasteiger partial charge on any atom is 0.319 e. The van der Waals surface area contributed by atoms with Crippen LogP contribution < -0.4 is 15.4 Å². The van der Waals surface area contributed by atoms with Crippen molar-refractivity contribution in [1.82, 2.24) is 15.6 Å². The lowest BCUT2D eigenvalue weighted by atomic mass is 10.2. The quantitative estimate of drug-likeness (QED) is 0.886. The molecule has 21 heavy (non-hydrogen) atoms. The van der Waals surface area contributed by atoms with Gasteiger partial charge in [0.2, 0.25) is 0 Å². The number of methoxy groups -OCH3 is 1. The van der Waals surface area contributed by atoms with Gasteiger partial charge in [0.1, 0.15) is 5.75 Å². The minimum absolute atomic E-state index is 0.273. The Balaban J connectivity index is 1.76. The Morgan fingerprint density at radius 1 is 1.24 bits per heavy atom. The van der Waals surface area contributed by atoms with Crippen LogP contribution >= 0.6 is 0 Å². The number of rotatable bonds is 5. The highest BCUT2D eigenvalue weighted by Crippen LogP contribution is 2.11. The average molecular weight is 283 g/mol. The van der Waals surface area contributed by atoms with Gasteiger partial charge in [-0.3, -0.25) is 4.98 Å². The van der Waals surface area contributed by atoms with Crippen LogP contribution in [0.4, 0.5) is 4.79 Å². The molecule has 5 nitrogen and oxygen atoms in total. The topological polar surface area (TPSA) is 63.2 Å². The number of urea groups is 1. The Hall–Kier alpha value is -2.82. The van der Waals surface area contributed by atoms with E-state index in [1.165, 1.54) is 0 Å². The van der Waals surface area contributed by atoms with Crippen LogP contribution in [-0.4, -0.2) is 18.1 Å². The standard InChI is InChI=1S/C16H17N3O2/c1-21-15-7-5-13(6-8-15)9-11-18-16(20)19-12-14-4-2-3-10-17-14/h2-11H,12H2,1H3,(H2,18,19,20)/b11-9+. The summed E-state index contributed by atoms with van der Waals surface area (Å²) in [5.41, 5.74) is 1.78. The van der Waals surface area contributed by atoms with Crippen LogP contribution in [0.1, 0.15) is 11.3 Å². The third kappa shape index (κ3) is 4.99. The van der Waals surface area contributed by atoms with E-state index in [2.05, 4.69) is 15.6 Å². The highest BCUT2D eigenvalue weighted by Gasteiger charge is 1.98. The monoisotopic (exact) mass is 283 g/mol. The van der Waals surface area contributed by atoms with Crippen molar-refractivity contribution in [3.63, 3.8) is 0 Å². The zero-order chi connectivity index (χ0) is 14.9. The molecule has 0 fully saturated rings. The largest absolute Gasteiger partial charge is 0.497 e. The molecule has 0 atom stereocenters. The van der Waals surface area contributed by atoms with Crippen LogP contribution in [0.15, 0.2) is 54.9 Å².